The van der Waals surface area contributed by atoms with Crippen molar-refractivity contribution in [1.82, 2.24) is 4.98 Å². The minimum atomic E-state index is -2.89. The molecule has 4 nitrogen and oxygen atoms in total. The van der Waals surface area contributed by atoms with E-state index >= 15 is 0 Å². The monoisotopic (exact) mass is 212 g/mol. The van der Waals surface area contributed by atoms with Crippen LogP contribution >= 0.6 is 0 Å². The predicted octanol–water partition coefficient (Wildman–Crippen LogP) is 1.90. The lowest BCUT2D eigenvalue weighted by Crippen LogP contribution is -2.08. The third-order valence-corrected chi connectivity index (χ3v) is 1.73. The molecular formula is C9H6F2N2O2. The van der Waals surface area contributed by atoms with E-state index in [1.807, 2.05) is 0 Å². The van der Waals surface area contributed by atoms with Gasteiger partial charge in [0.1, 0.15) is 6.07 Å². The van der Waals surface area contributed by atoms with Crippen molar-refractivity contribution in [2.45, 2.75) is 13.3 Å². The van der Waals surface area contributed by atoms with Gasteiger partial charge in [-0.1, -0.05) is 0 Å². The maximum Gasteiger partial charge on any atom is 0.355 e. The molecule has 1 N–H and O–H groups in total. The first-order valence-corrected chi connectivity index (χ1v) is 3.90. The maximum atomic E-state index is 12.5. The molecule has 0 spiro atoms. The average Bonchev–Trinajstić information content (AvgIpc) is 2.16. The van der Waals surface area contributed by atoms with Crippen LogP contribution in [0.3, 0.4) is 0 Å². The van der Waals surface area contributed by atoms with Crippen LogP contribution in [0.1, 0.15) is 33.7 Å². The fourth-order valence-corrected chi connectivity index (χ4v) is 1.14. The number of pyridine rings is 1. The summed E-state index contributed by atoms with van der Waals surface area (Å²) in [5.74, 6) is -1.49. The van der Waals surface area contributed by atoms with Gasteiger partial charge in [0.05, 0.1) is 5.56 Å². The molecule has 15 heavy (non-hydrogen) atoms. The number of halogens is 2. The van der Waals surface area contributed by atoms with Crippen molar-refractivity contribution in [2.24, 2.45) is 0 Å². The van der Waals surface area contributed by atoms with Crippen LogP contribution in [0, 0.1) is 18.3 Å². The fraction of sp³-hybridized carbons (Fsp3) is 0.222. The smallest absolute Gasteiger partial charge is 0.355 e. The standard InChI is InChI=1S/C9H6F2N2O2/c1-4-2-5(8(10)11)6(3-12)7(13-4)9(14)15/h2,8H,1H3,(H,14,15). The zero-order chi connectivity index (χ0) is 11.6. The van der Waals surface area contributed by atoms with E-state index in [1.165, 1.54) is 13.0 Å². The third kappa shape index (κ3) is 2.07. The third-order valence-electron chi connectivity index (χ3n) is 1.73. The highest BCUT2D eigenvalue weighted by atomic mass is 19.3. The highest BCUT2D eigenvalue weighted by Crippen LogP contribution is 2.24. The van der Waals surface area contributed by atoms with Gasteiger partial charge in [-0.25, -0.2) is 18.6 Å². The van der Waals surface area contributed by atoms with Gasteiger partial charge in [0.2, 0.25) is 0 Å². The van der Waals surface area contributed by atoms with E-state index in [-0.39, 0.29) is 5.69 Å². The Balaban J connectivity index is 3.54. The molecule has 1 aromatic rings. The van der Waals surface area contributed by atoms with E-state index in [1.54, 1.807) is 0 Å². The van der Waals surface area contributed by atoms with Crippen molar-refractivity contribution in [3.63, 3.8) is 0 Å². The Morgan fingerprint density at radius 3 is 2.67 bits per heavy atom. The van der Waals surface area contributed by atoms with Gasteiger partial charge in [-0.15, -0.1) is 0 Å². The van der Waals surface area contributed by atoms with Crippen LogP contribution in [-0.4, -0.2) is 16.1 Å². The number of rotatable bonds is 2. The van der Waals surface area contributed by atoms with Crippen molar-refractivity contribution in [1.29, 1.82) is 5.26 Å². The lowest BCUT2D eigenvalue weighted by Gasteiger charge is -2.06. The Morgan fingerprint density at radius 1 is 1.67 bits per heavy atom. The molecule has 78 valence electrons. The number of hydrogen-bond donors (Lipinski definition) is 1. The minimum Gasteiger partial charge on any atom is -0.476 e. The molecule has 0 bridgehead atoms. The molecule has 0 atom stereocenters. The van der Waals surface area contributed by atoms with Crippen LogP contribution in [0.2, 0.25) is 0 Å². The second kappa shape index (κ2) is 4.00. The largest absolute Gasteiger partial charge is 0.476 e. The van der Waals surface area contributed by atoms with Gasteiger partial charge in [0.25, 0.3) is 6.43 Å². The number of hydrogen-bond acceptors (Lipinski definition) is 3. The SMILES string of the molecule is Cc1cc(C(F)F)c(C#N)c(C(=O)O)n1. The number of aryl methyl sites for hydroxylation is 1. The molecule has 0 unspecified atom stereocenters. The molecular weight excluding hydrogens is 206 g/mol. The van der Waals surface area contributed by atoms with Gasteiger partial charge in [-0.05, 0) is 13.0 Å². The Labute approximate surface area is 83.8 Å². The summed E-state index contributed by atoms with van der Waals surface area (Å²) in [6, 6.07) is 2.44. The summed E-state index contributed by atoms with van der Waals surface area (Å²) in [5, 5.41) is 17.3. The quantitative estimate of drug-likeness (QED) is 0.812. The van der Waals surface area contributed by atoms with E-state index in [2.05, 4.69) is 4.98 Å². The number of carboxylic acids is 1. The first-order valence-electron chi connectivity index (χ1n) is 3.90. The average molecular weight is 212 g/mol. The van der Waals surface area contributed by atoms with Crippen LogP contribution in [-0.2, 0) is 0 Å². The Bertz CT molecular complexity index is 452. The zero-order valence-corrected chi connectivity index (χ0v) is 7.66. The molecule has 0 radical (unpaired) electrons. The van der Waals surface area contributed by atoms with Gasteiger partial charge in [0, 0.05) is 11.3 Å². The summed E-state index contributed by atoms with van der Waals surface area (Å²) in [4.78, 5) is 14.2. The van der Waals surface area contributed by atoms with Crippen molar-refractivity contribution in [3.05, 3.63) is 28.6 Å². The first-order chi connectivity index (χ1) is 6.97. The highest BCUT2D eigenvalue weighted by molar-refractivity contribution is 5.88. The molecule has 1 heterocycles. The van der Waals surface area contributed by atoms with Crippen molar-refractivity contribution >= 4 is 5.97 Å². The molecule has 6 heteroatoms. The number of aromatic nitrogens is 1. The summed E-state index contributed by atoms with van der Waals surface area (Å²) in [5.41, 5.74) is -1.67. The first kappa shape index (κ1) is 11.0. The van der Waals surface area contributed by atoms with Crippen LogP contribution in [0.4, 0.5) is 8.78 Å². The summed E-state index contributed by atoms with van der Waals surface area (Å²) < 4.78 is 24.9. The topological polar surface area (TPSA) is 74.0 Å². The van der Waals surface area contributed by atoms with E-state index in [9.17, 15) is 13.6 Å². The van der Waals surface area contributed by atoms with Crippen LogP contribution in [0.25, 0.3) is 0 Å². The lowest BCUT2D eigenvalue weighted by atomic mass is 10.1. The van der Waals surface area contributed by atoms with Gasteiger partial charge < -0.3 is 5.11 Å². The lowest BCUT2D eigenvalue weighted by molar-refractivity contribution is 0.0689. The number of nitrogens with zero attached hydrogens (tertiary/aromatic N) is 2. The molecule has 0 amide bonds. The summed E-state index contributed by atoms with van der Waals surface area (Å²) >= 11 is 0. The van der Waals surface area contributed by atoms with Crippen molar-refractivity contribution in [2.75, 3.05) is 0 Å². The van der Waals surface area contributed by atoms with Crippen LogP contribution < -0.4 is 0 Å². The number of carbonyl (C=O) groups is 1. The minimum absolute atomic E-state index is 0.140. The summed E-state index contributed by atoms with van der Waals surface area (Å²) in [6.45, 7) is 1.39. The van der Waals surface area contributed by atoms with Crippen molar-refractivity contribution in [3.8, 4) is 6.07 Å². The van der Waals surface area contributed by atoms with Gasteiger partial charge in [0.15, 0.2) is 5.69 Å². The Morgan fingerprint density at radius 2 is 2.27 bits per heavy atom. The molecule has 1 aromatic heterocycles. The van der Waals surface area contributed by atoms with Crippen LogP contribution in [0.5, 0.6) is 0 Å². The Hall–Kier alpha value is -2.03. The second-order valence-corrected chi connectivity index (χ2v) is 2.79. The number of carboxylic acid groups (broad SMARTS) is 1. The second-order valence-electron chi connectivity index (χ2n) is 2.79. The van der Waals surface area contributed by atoms with Gasteiger partial charge in [-0.3, -0.25) is 0 Å². The van der Waals surface area contributed by atoms with E-state index in [4.69, 9.17) is 10.4 Å². The molecule has 0 saturated carbocycles. The maximum absolute atomic E-state index is 12.5. The van der Waals surface area contributed by atoms with E-state index < -0.39 is 29.2 Å². The predicted molar refractivity (Wildman–Crippen MR) is 45.6 cm³/mol. The number of nitriles is 1. The van der Waals surface area contributed by atoms with Crippen LogP contribution in [0.15, 0.2) is 6.07 Å². The van der Waals surface area contributed by atoms with E-state index in [0.717, 1.165) is 6.07 Å². The summed E-state index contributed by atoms with van der Waals surface area (Å²) in [7, 11) is 0. The summed E-state index contributed by atoms with van der Waals surface area (Å²) in [6.07, 6.45) is -2.89. The zero-order valence-electron chi connectivity index (χ0n) is 7.66. The molecule has 0 aliphatic rings. The molecule has 0 aliphatic heterocycles. The van der Waals surface area contributed by atoms with Crippen molar-refractivity contribution < 1.29 is 18.7 Å². The molecule has 0 aromatic carbocycles. The number of alkyl halides is 2. The molecule has 0 aliphatic carbocycles. The molecule has 0 fully saturated rings. The normalized spacial score (nSPS) is 10.1. The highest BCUT2D eigenvalue weighted by Gasteiger charge is 2.21. The fourth-order valence-electron chi connectivity index (χ4n) is 1.14. The Kier molecular flexibility index (Phi) is 2.95. The van der Waals surface area contributed by atoms with E-state index in [0.29, 0.717) is 0 Å². The van der Waals surface area contributed by atoms with Gasteiger partial charge >= 0.3 is 5.97 Å². The molecule has 0 saturated heterocycles. The molecule has 1 rings (SSSR count). The van der Waals surface area contributed by atoms with Gasteiger partial charge in [-0.2, -0.15) is 5.26 Å². The number of aromatic carboxylic acids is 1.